The quantitative estimate of drug-likeness (QED) is 0.644. The molecule has 0 atom stereocenters. The van der Waals surface area contributed by atoms with E-state index in [4.69, 9.17) is 0 Å². The molecule has 0 aliphatic carbocycles. The topological polar surface area (TPSA) is 65.6 Å². The van der Waals surface area contributed by atoms with E-state index in [2.05, 4.69) is 15.3 Å². The Morgan fingerprint density at radius 3 is 2.79 bits per heavy atom. The molecule has 0 aliphatic heterocycles. The molecular weight excluding hydrogens is 182 g/mol. The number of hydrogen-bond donors (Lipinski definition) is 0. The van der Waals surface area contributed by atoms with Crippen LogP contribution in [0.5, 0.6) is 0 Å². The van der Waals surface area contributed by atoms with Crippen molar-refractivity contribution in [1.29, 1.82) is 0 Å². The third-order valence-electron chi connectivity index (χ3n) is 2.05. The predicted molar refractivity (Wildman–Crippen MR) is 50.9 cm³/mol. The molecule has 0 saturated carbocycles. The van der Waals surface area contributed by atoms with Gasteiger partial charge in [0.05, 0.1) is 12.4 Å². The number of aromatic nitrogens is 5. The van der Waals surface area contributed by atoms with E-state index in [1.54, 1.807) is 17.9 Å². The van der Waals surface area contributed by atoms with Crippen LogP contribution in [0.4, 0.5) is 0 Å². The fourth-order valence-electron chi connectivity index (χ4n) is 1.32. The molecule has 2 aromatic heterocycles. The molecule has 2 aromatic rings. The molecule has 0 N–H and O–H groups in total. The van der Waals surface area contributed by atoms with Crippen molar-refractivity contribution in [2.24, 2.45) is 7.05 Å². The lowest BCUT2D eigenvalue weighted by molar-refractivity contribution is 0.480. The van der Waals surface area contributed by atoms with Crippen LogP contribution in [0.1, 0.15) is 19.9 Å². The number of fused-ring (bicyclic) bond motifs is 1. The lowest BCUT2D eigenvalue weighted by atomic mass is 10.4. The Bertz CT molecular complexity index is 524. The minimum atomic E-state index is -0.148. The lowest BCUT2D eigenvalue weighted by Crippen LogP contribution is -2.26. The van der Waals surface area contributed by atoms with Gasteiger partial charge in [0.25, 0.3) is 5.56 Å². The monoisotopic (exact) mass is 193 g/mol. The van der Waals surface area contributed by atoms with E-state index in [-0.39, 0.29) is 11.6 Å². The molecule has 0 radical (unpaired) electrons. The summed E-state index contributed by atoms with van der Waals surface area (Å²) in [6.45, 7) is 3.77. The second-order valence-corrected chi connectivity index (χ2v) is 3.46. The van der Waals surface area contributed by atoms with Gasteiger partial charge in [0.1, 0.15) is 0 Å². The van der Waals surface area contributed by atoms with E-state index in [9.17, 15) is 4.79 Å². The van der Waals surface area contributed by atoms with Crippen LogP contribution in [0.3, 0.4) is 0 Å². The van der Waals surface area contributed by atoms with Crippen molar-refractivity contribution < 1.29 is 0 Å². The summed E-state index contributed by atoms with van der Waals surface area (Å²) in [6.07, 6.45) is 1.56. The molecule has 0 unspecified atom stereocenters. The molecule has 0 amide bonds. The van der Waals surface area contributed by atoms with Gasteiger partial charge in [-0.2, -0.15) is 0 Å². The molecule has 14 heavy (non-hydrogen) atoms. The first-order chi connectivity index (χ1) is 6.61. The predicted octanol–water partition coefficient (Wildman–Crippen LogP) is 0.106. The third kappa shape index (κ3) is 1.11. The SMILES string of the molecule is CC(C)n1nnc2ncn(C)c2c1=O. The minimum Gasteiger partial charge on any atom is -0.328 e. The smallest absolute Gasteiger partial charge is 0.296 e. The first-order valence-corrected chi connectivity index (χ1v) is 4.38. The highest BCUT2D eigenvalue weighted by Crippen LogP contribution is 2.03. The summed E-state index contributed by atoms with van der Waals surface area (Å²) in [5.74, 6) is 0. The fraction of sp³-hybridized carbons (Fsp3) is 0.500. The van der Waals surface area contributed by atoms with Crippen LogP contribution in [-0.2, 0) is 7.05 Å². The summed E-state index contributed by atoms with van der Waals surface area (Å²) in [5.41, 5.74) is 0.744. The molecule has 2 heterocycles. The van der Waals surface area contributed by atoms with Crippen molar-refractivity contribution in [3.63, 3.8) is 0 Å². The van der Waals surface area contributed by atoms with Gasteiger partial charge in [-0.05, 0) is 13.8 Å². The zero-order chi connectivity index (χ0) is 10.3. The van der Waals surface area contributed by atoms with E-state index >= 15 is 0 Å². The van der Waals surface area contributed by atoms with E-state index in [1.165, 1.54) is 4.68 Å². The highest BCUT2D eigenvalue weighted by atomic mass is 16.1. The average Bonchev–Trinajstić information content (AvgIpc) is 2.48. The maximum atomic E-state index is 11.9. The second-order valence-electron chi connectivity index (χ2n) is 3.46. The molecule has 6 nitrogen and oxygen atoms in total. The Kier molecular flexibility index (Phi) is 1.83. The summed E-state index contributed by atoms with van der Waals surface area (Å²) in [5, 5.41) is 7.66. The van der Waals surface area contributed by atoms with E-state index in [0.29, 0.717) is 11.2 Å². The number of nitrogens with zero attached hydrogens (tertiary/aromatic N) is 5. The van der Waals surface area contributed by atoms with Gasteiger partial charge in [-0.15, -0.1) is 5.10 Å². The van der Waals surface area contributed by atoms with Crippen LogP contribution in [-0.4, -0.2) is 24.5 Å². The average molecular weight is 193 g/mol. The van der Waals surface area contributed by atoms with Crippen molar-refractivity contribution in [2.75, 3.05) is 0 Å². The van der Waals surface area contributed by atoms with Crippen LogP contribution >= 0.6 is 0 Å². The van der Waals surface area contributed by atoms with Gasteiger partial charge < -0.3 is 4.57 Å². The molecule has 0 spiro atoms. The molecule has 0 bridgehead atoms. The maximum Gasteiger partial charge on any atom is 0.296 e. The second kappa shape index (κ2) is 2.90. The first kappa shape index (κ1) is 8.86. The molecule has 6 heteroatoms. The fourth-order valence-corrected chi connectivity index (χ4v) is 1.32. The van der Waals surface area contributed by atoms with Crippen LogP contribution in [0.15, 0.2) is 11.1 Å². The van der Waals surface area contributed by atoms with Crippen molar-refractivity contribution in [2.45, 2.75) is 19.9 Å². The van der Waals surface area contributed by atoms with Gasteiger partial charge in [0.15, 0.2) is 5.52 Å². The summed E-state index contributed by atoms with van der Waals surface area (Å²) < 4.78 is 3.01. The highest BCUT2D eigenvalue weighted by molar-refractivity contribution is 5.68. The Labute approximate surface area is 80.2 Å². The zero-order valence-corrected chi connectivity index (χ0v) is 8.30. The van der Waals surface area contributed by atoms with Gasteiger partial charge >= 0.3 is 0 Å². The van der Waals surface area contributed by atoms with Crippen molar-refractivity contribution in [1.82, 2.24) is 24.5 Å². The van der Waals surface area contributed by atoms with Crippen LogP contribution < -0.4 is 5.56 Å². The number of hydrogen-bond acceptors (Lipinski definition) is 4. The van der Waals surface area contributed by atoms with Crippen LogP contribution in [0.2, 0.25) is 0 Å². The molecule has 0 saturated heterocycles. The Balaban J connectivity index is 2.86. The summed E-state index contributed by atoms with van der Waals surface area (Å²) in [7, 11) is 1.77. The number of rotatable bonds is 1. The van der Waals surface area contributed by atoms with Crippen molar-refractivity contribution in [3.05, 3.63) is 16.7 Å². The number of aryl methyl sites for hydroxylation is 1. The maximum absolute atomic E-state index is 11.9. The summed E-state index contributed by atoms with van der Waals surface area (Å²) in [4.78, 5) is 15.8. The van der Waals surface area contributed by atoms with Gasteiger partial charge in [0.2, 0.25) is 5.65 Å². The molecule has 0 aromatic carbocycles. The van der Waals surface area contributed by atoms with Gasteiger partial charge in [-0.25, -0.2) is 9.67 Å². The Morgan fingerprint density at radius 1 is 1.43 bits per heavy atom. The highest BCUT2D eigenvalue weighted by Gasteiger charge is 2.11. The Hall–Kier alpha value is -1.72. The molecule has 2 rings (SSSR count). The van der Waals surface area contributed by atoms with Crippen LogP contribution in [0, 0.1) is 0 Å². The molecule has 0 aliphatic rings. The van der Waals surface area contributed by atoms with Crippen LogP contribution in [0.25, 0.3) is 11.2 Å². The number of imidazole rings is 1. The molecular formula is C8H11N5O. The van der Waals surface area contributed by atoms with E-state index in [0.717, 1.165) is 0 Å². The lowest BCUT2D eigenvalue weighted by Gasteiger charge is -2.05. The van der Waals surface area contributed by atoms with E-state index in [1.807, 2.05) is 13.8 Å². The molecule has 0 fully saturated rings. The Morgan fingerprint density at radius 2 is 2.14 bits per heavy atom. The third-order valence-corrected chi connectivity index (χ3v) is 2.05. The van der Waals surface area contributed by atoms with E-state index < -0.39 is 0 Å². The minimum absolute atomic E-state index is 0.00861. The zero-order valence-electron chi connectivity index (χ0n) is 8.30. The van der Waals surface area contributed by atoms with Crippen molar-refractivity contribution in [3.8, 4) is 0 Å². The molecule has 74 valence electrons. The first-order valence-electron chi connectivity index (χ1n) is 4.38. The normalized spacial score (nSPS) is 11.4. The van der Waals surface area contributed by atoms with Gasteiger partial charge in [0, 0.05) is 7.05 Å². The largest absolute Gasteiger partial charge is 0.328 e. The van der Waals surface area contributed by atoms with Gasteiger partial charge in [-0.1, -0.05) is 5.21 Å². The summed E-state index contributed by atoms with van der Waals surface area (Å²) >= 11 is 0. The van der Waals surface area contributed by atoms with Gasteiger partial charge in [-0.3, -0.25) is 4.79 Å². The van der Waals surface area contributed by atoms with Crippen molar-refractivity contribution >= 4 is 11.2 Å². The standard InChI is InChI=1S/C8H11N5O/c1-5(2)13-8(14)6-7(10-11-13)9-4-12(6)3/h4-5H,1-3H3. The summed E-state index contributed by atoms with van der Waals surface area (Å²) in [6, 6.07) is 0.00861.